The van der Waals surface area contributed by atoms with Crippen LogP contribution in [0, 0.1) is 18.8 Å². The molecule has 1 atom stereocenters. The Morgan fingerprint density at radius 2 is 2.00 bits per heavy atom. The Labute approximate surface area is 138 Å². The number of rotatable bonds is 7. The van der Waals surface area contributed by atoms with Crippen LogP contribution in [0.1, 0.15) is 41.6 Å². The molecule has 0 spiro atoms. The van der Waals surface area contributed by atoms with E-state index in [4.69, 9.17) is 4.74 Å². The van der Waals surface area contributed by atoms with Crippen molar-refractivity contribution < 1.29 is 19.1 Å². The Kier molecular flexibility index (Phi) is 5.51. The van der Waals surface area contributed by atoms with Crippen LogP contribution in [-0.2, 0) is 14.3 Å². The van der Waals surface area contributed by atoms with Gasteiger partial charge in [-0.25, -0.2) is 0 Å². The van der Waals surface area contributed by atoms with Gasteiger partial charge in [0.15, 0.2) is 5.78 Å². The van der Waals surface area contributed by atoms with Gasteiger partial charge in [0.1, 0.15) is 11.7 Å². The van der Waals surface area contributed by atoms with E-state index in [1.165, 1.54) is 7.11 Å². The van der Waals surface area contributed by atoms with Crippen LogP contribution < -0.4 is 0 Å². The number of hydrogen-bond donors (Lipinski definition) is 0. The molecule has 1 aromatic carbocycles. The predicted octanol–water partition coefficient (Wildman–Crippen LogP) is 3.49. The van der Waals surface area contributed by atoms with Gasteiger partial charge in [-0.3, -0.25) is 14.4 Å². The fraction of sp³-hybridized carbons (Fsp3) is 0.471. The van der Waals surface area contributed by atoms with Gasteiger partial charge in [-0.15, -0.1) is 0 Å². The largest absolute Gasteiger partial charge is 0.468 e. The third kappa shape index (κ3) is 4.26. The molecule has 1 fully saturated rings. The molecule has 0 saturated heterocycles. The highest BCUT2D eigenvalue weighted by molar-refractivity contribution is 9.10. The van der Waals surface area contributed by atoms with Crippen molar-refractivity contribution in [3.05, 3.63) is 33.8 Å². The van der Waals surface area contributed by atoms with E-state index < -0.39 is 11.9 Å². The molecule has 2 rings (SSSR count). The third-order valence-corrected chi connectivity index (χ3v) is 4.80. The summed E-state index contributed by atoms with van der Waals surface area (Å²) in [5, 5.41) is 0. The van der Waals surface area contributed by atoms with Crippen molar-refractivity contribution >= 4 is 33.5 Å². The average Bonchev–Trinajstić information content (AvgIpc) is 3.30. The maximum atomic E-state index is 12.4. The van der Waals surface area contributed by atoms with Crippen LogP contribution in [0.5, 0.6) is 0 Å². The number of aryl methyl sites for hydroxylation is 1. The molecule has 1 aliphatic rings. The molecule has 118 valence electrons. The zero-order chi connectivity index (χ0) is 16.3. The van der Waals surface area contributed by atoms with E-state index in [9.17, 15) is 14.4 Å². The predicted molar refractivity (Wildman–Crippen MR) is 85.7 cm³/mol. The lowest BCUT2D eigenvalue weighted by atomic mass is 9.92. The summed E-state index contributed by atoms with van der Waals surface area (Å²) in [7, 11) is 1.24. The lowest BCUT2D eigenvalue weighted by Crippen LogP contribution is -2.28. The monoisotopic (exact) mass is 366 g/mol. The summed E-state index contributed by atoms with van der Waals surface area (Å²) in [6.45, 7) is 1.93. The van der Waals surface area contributed by atoms with Gasteiger partial charge in [-0.2, -0.15) is 0 Å². The Morgan fingerprint density at radius 1 is 1.32 bits per heavy atom. The van der Waals surface area contributed by atoms with E-state index in [2.05, 4.69) is 15.9 Å². The van der Waals surface area contributed by atoms with Crippen LogP contribution in [0.3, 0.4) is 0 Å². The Hall–Kier alpha value is -1.49. The fourth-order valence-corrected chi connectivity index (χ4v) is 2.67. The minimum atomic E-state index is -0.988. The number of hydrogen-bond acceptors (Lipinski definition) is 4. The molecule has 0 amide bonds. The van der Waals surface area contributed by atoms with E-state index in [-0.39, 0.29) is 18.0 Å². The minimum Gasteiger partial charge on any atom is -0.468 e. The van der Waals surface area contributed by atoms with Crippen LogP contribution in [-0.4, -0.2) is 24.6 Å². The maximum Gasteiger partial charge on any atom is 0.316 e. The summed E-state index contributed by atoms with van der Waals surface area (Å²) in [5.74, 6) is -1.64. The fourth-order valence-electron chi connectivity index (χ4n) is 2.29. The normalized spacial score (nSPS) is 15.2. The van der Waals surface area contributed by atoms with Gasteiger partial charge in [0.25, 0.3) is 0 Å². The highest BCUT2D eigenvalue weighted by atomic mass is 79.9. The molecule has 0 N–H and O–H groups in total. The van der Waals surface area contributed by atoms with Crippen molar-refractivity contribution in [1.82, 2.24) is 0 Å². The summed E-state index contributed by atoms with van der Waals surface area (Å²) < 4.78 is 5.52. The van der Waals surface area contributed by atoms with Gasteiger partial charge < -0.3 is 4.74 Å². The number of halogens is 1. The lowest BCUT2D eigenvalue weighted by molar-refractivity contribution is -0.149. The number of Topliss-reactive ketones (excluding diaryl/α,β-unsaturated/α-hetero) is 2. The number of carbonyl (C=O) groups is 3. The van der Waals surface area contributed by atoms with Crippen LogP contribution in [0.15, 0.2) is 22.7 Å². The van der Waals surface area contributed by atoms with Crippen LogP contribution in [0.25, 0.3) is 0 Å². The average molecular weight is 367 g/mol. The van der Waals surface area contributed by atoms with Crippen LogP contribution >= 0.6 is 15.9 Å². The topological polar surface area (TPSA) is 60.4 Å². The van der Waals surface area contributed by atoms with Gasteiger partial charge >= 0.3 is 5.97 Å². The quantitative estimate of drug-likeness (QED) is 0.421. The van der Waals surface area contributed by atoms with Crippen molar-refractivity contribution in [3.8, 4) is 0 Å². The van der Waals surface area contributed by atoms with Crippen molar-refractivity contribution in [2.45, 2.75) is 32.6 Å². The summed E-state index contributed by atoms with van der Waals surface area (Å²) in [4.78, 5) is 36.4. The molecule has 0 aliphatic heterocycles. The first-order chi connectivity index (χ1) is 10.4. The molecule has 1 saturated carbocycles. The summed E-state index contributed by atoms with van der Waals surface area (Å²) in [6.07, 6.45) is 2.29. The maximum absolute atomic E-state index is 12.4. The minimum absolute atomic E-state index is 0.131. The Balaban J connectivity index is 2.10. The smallest absolute Gasteiger partial charge is 0.316 e. The second-order valence-electron chi connectivity index (χ2n) is 5.78. The lowest BCUT2D eigenvalue weighted by Gasteiger charge is -2.13. The number of carbonyl (C=O) groups excluding carboxylic acids is 3. The molecule has 0 heterocycles. The summed E-state index contributed by atoms with van der Waals surface area (Å²) >= 11 is 3.38. The molecule has 22 heavy (non-hydrogen) atoms. The first-order valence-electron chi connectivity index (χ1n) is 7.32. The zero-order valence-corrected chi connectivity index (χ0v) is 14.3. The number of esters is 1. The molecule has 0 aromatic heterocycles. The van der Waals surface area contributed by atoms with Gasteiger partial charge in [-0.05, 0) is 37.3 Å². The molecule has 1 aromatic rings. The van der Waals surface area contributed by atoms with Crippen molar-refractivity contribution in [2.24, 2.45) is 11.8 Å². The standard InChI is InChI=1S/C17H19BrO4/c1-10-3-6-12(8-14(10)18)15(19)9-13(17(21)22-2)16(20)7-11-4-5-11/h3,6,8,11,13H,4-5,7,9H2,1-2H3. The highest BCUT2D eigenvalue weighted by Gasteiger charge is 2.34. The number of ether oxygens (including phenoxy) is 1. The van der Waals surface area contributed by atoms with E-state index in [0.717, 1.165) is 22.9 Å². The summed E-state index contributed by atoms with van der Waals surface area (Å²) in [6, 6.07) is 5.26. The first-order valence-corrected chi connectivity index (χ1v) is 8.11. The Morgan fingerprint density at radius 3 is 2.55 bits per heavy atom. The molecular formula is C17H19BrO4. The Bertz CT molecular complexity index is 605. The SMILES string of the molecule is COC(=O)C(CC(=O)c1ccc(C)c(Br)c1)C(=O)CC1CC1. The molecule has 5 heteroatoms. The molecule has 1 unspecified atom stereocenters. The number of benzene rings is 1. The molecule has 0 bridgehead atoms. The van der Waals surface area contributed by atoms with Gasteiger partial charge in [-0.1, -0.05) is 28.1 Å². The molecule has 0 radical (unpaired) electrons. The van der Waals surface area contributed by atoms with Gasteiger partial charge in [0.05, 0.1) is 7.11 Å². The van der Waals surface area contributed by atoms with E-state index in [1.54, 1.807) is 12.1 Å². The van der Waals surface area contributed by atoms with Crippen molar-refractivity contribution in [1.29, 1.82) is 0 Å². The van der Waals surface area contributed by atoms with E-state index in [1.807, 2.05) is 13.0 Å². The molecule has 4 nitrogen and oxygen atoms in total. The van der Waals surface area contributed by atoms with Gasteiger partial charge in [0, 0.05) is 22.9 Å². The zero-order valence-electron chi connectivity index (χ0n) is 12.7. The van der Waals surface area contributed by atoms with Crippen LogP contribution in [0.2, 0.25) is 0 Å². The second-order valence-corrected chi connectivity index (χ2v) is 6.64. The highest BCUT2D eigenvalue weighted by Crippen LogP contribution is 2.34. The summed E-state index contributed by atoms with van der Waals surface area (Å²) in [5.41, 5.74) is 1.51. The van der Waals surface area contributed by atoms with Gasteiger partial charge in [0.2, 0.25) is 0 Å². The number of ketones is 2. The third-order valence-electron chi connectivity index (χ3n) is 3.94. The molecule has 1 aliphatic carbocycles. The second kappa shape index (κ2) is 7.18. The first kappa shape index (κ1) is 16.9. The number of methoxy groups -OCH3 is 1. The van der Waals surface area contributed by atoms with E-state index in [0.29, 0.717) is 17.9 Å². The van der Waals surface area contributed by atoms with Crippen molar-refractivity contribution in [3.63, 3.8) is 0 Å². The molecular weight excluding hydrogens is 348 g/mol. The van der Waals surface area contributed by atoms with Crippen LogP contribution in [0.4, 0.5) is 0 Å². The van der Waals surface area contributed by atoms with Crippen molar-refractivity contribution in [2.75, 3.05) is 7.11 Å². The van der Waals surface area contributed by atoms with E-state index >= 15 is 0 Å².